The van der Waals surface area contributed by atoms with Gasteiger partial charge in [0.25, 0.3) is 0 Å². The van der Waals surface area contributed by atoms with E-state index < -0.39 is 30.5 Å². The smallest absolute Gasteiger partial charge is 0.338 e. The highest BCUT2D eigenvalue weighted by atomic mass is 19.1. The summed E-state index contributed by atoms with van der Waals surface area (Å²) in [5.41, 5.74) is 4.84. The molecular formula is C24H29FO6. The van der Waals surface area contributed by atoms with E-state index in [0.717, 1.165) is 22.3 Å². The lowest BCUT2D eigenvalue weighted by Gasteiger charge is -2.13. The molecule has 168 valence electrons. The molecule has 0 bridgehead atoms. The number of alkyl halides is 1. The van der Waals surface area contributed by atoms with Crippen LogP contribution in [0.15, 0.2) is 36.4 Å². The van der Waals surface area contributed by atoms with Gasteiger partial charge in [-0.05, 0) is 52.0 Å². The van der Waals surface area contributed by atoms with E-state index in [4.69, 9.17) is 19.3 Å². The van der Waals surface area contributed by atoms with Crippen LogP contribution in [0.2, 0.25) is 0 Å². The number of methoxy groups -OCH3 is 1. The second-order valence-corrected chi connectivity index (χ2v) is 7.77. The van der Waals surface area contributed by atoms with Crippen molar-refractivity contribution >= 4 is 11.9 Å². The fourth-order valence-corrected chi connectivity index (χ4v) is 3.45. The Morgan fingerprint density at radius 3 is 1.87 bits per heavy atom. The number of rotatable bonds is 5. The SMILES string of the molecule is COC1OC(COC(=O)c2cc(C)cc(C)c2)CC1F.Cc1cc(C)cc(C(=O)O)c1. The minimum Gasteiger partial charge on any atom is -0.478 e. The fourth-order valence-electron chi connectivity index (χ4n) is 3.45. The maximum absolute atomic E-state index is 13.4. The highest BCUT2D eigenvalue weighted by molar-refractivity contribution is 5.90. The first-order chi connectivity index (χ1) is 14.6. The van der Waals surface area contributed by atoms with Crippen LogP contribution in [0.4, 0.5) is 4.39 Å². The monoisotopic (exact) mass is 432 g/mol. The molecule has 1 N–H and O–H groups in total. The molecule has 0 amide bonds. The summed E-state index contributed by atoms with van der Waals surface area (Å²) in [5, 5.41) is 8.63. The Hall–Kier alpha value is -2.77. The van der Waals surface area contributed by atoms with Gasteiger partial charge >= 0.3 is 11.9 Å². The number of esters is 1. The minimum atomic E-state index is -1.18. The van der Waals surface area contributed by atoms with Gasteiger partial charge in [0, 0.05) is 13.5 Å². The molecule has 3 rings (SSSR count). The Morgan fingerprint density at radius 1 is 0.968 bits per heavy atom. The van der Waals surface area contributed by atoms with Crippen molar-refractivity contribution in [2.45, 2.75) is 52.7 Å². The fraction of sp³-hybridized carbons (Fsp3) is 0.417. The molecule has 0 aliphatic carbocycles. The first-order valence-electron chi connectivity index (χ1n) is 9.98. The van der Waals surface area contributed by atoms with Crippen molar-refractivity contribution in [3.63, 3.8) is 0 Å². The molecule has 1 aliphatic rings. The molecule has 1 heterocycles. The number of ether oxygens (including phenoxy) is 3. The molecule has 7 heteroatoms. The van der Waals surface area contributed by atoms with Gasteiger partial charge < -0.3 is 19.3 Å². The van der Waals surface area contributed by atoms with Crippen molar-refractivity contribution in [3.8, 4) is 0 Å². The number of carbonyl (C=O) groups is 2. The van der Waals surface area contributed by atoms with Gasteiger partial charge in [-0.1, -0.05) is 34.4 Å². The molecule has 0 spiro atoms. The molecule has 6 nitrogen and oxygen atoms in total. The van der Waals surface area contributed by atoms with E-state index in [2.05, 4.69) is 0 Å². The van der Waals surface area contributed by atoms with Gasteiger partial charge in [-0.2, -0.15) is 0 Å². The zero-order valence-corrected chi connectivity index (χ0v) is 18.5. The number of aryl methyl sites for hydroxylation is 4. The lowest BCUT2D eigenvalue weighted by Crippen LogP contribution is -2.21. The normalized spacial score (nSPS) is 20.0. The Balaban J connectivity index is 0.000000262. The number of benzene rings is 2. The van der Waals surface area contributed by atoms with E-state index in [1.165, 1.54) is 7.11 Å². The van der Waals surface area contributed by atoms with Crippen LogP contribution >= 0.6 is 0 Å². The molecule has 31 heavy (non-hydrogen) atoms. The summed E-state index contributed by atoms with van der Waals surface area (Å²) in [5.74, 6) is -1.28. The van der Waals surface area contributed by atoms with Crippen molar-refractivity contribution < 1.29 is 33.3 Å². The van der Waals surface area contributed by atoms with Gasteiger partial charge in [0.1, 0.15) is 6.61 Å². The van der Waals surface area contributed by atoms with E-state index in [1.54, 1.807) is 24.3 Å². The summed E-state index contributed by atoms with van der Waals surface area (Å²) in [6, 6.07) is 10.8. The van der Waals surface area contributed by atoms with Gasteiger partial charge in [-0.25, -0.2) is 14.0 Å². The molecule has 2 aromatic carbocycles. The predicted molar refractivity (Wildman–Crippen MR) is 114 cm³/mol. The molecule has 0 aromatic heterocycles. The number of hydrogen-bond donors (Lipinski definition) is 1. The van der Waals surface area contributed by atoms with E-state index in [9.17, 15) is 14.0 Å². The number of carboxylic acid groups (broad SMARTS) is 1. The Bertz CT molecular complexity index is 886. The van der Waals surface area contributed by atoms with Gasteiger partial charge in [0.05, 0.1) is 17.2 Å². The van der Waals surface area contributed by atoms with Crippen LogP contribution < -0.4 is 0 Å². The maximum Gasteiger partial charge on any atom is 0.338 e. The van der Waals surface area contributed by atoms with Crippen LogP contribution in [0, 0.1) is 27.7 Å². The Kier molecular flexibility index (Phi) is 8.71. The van der Waals surface area contributed by atoms with Crippen molar-refractivity contribution in [3.05, 3.63) is 69.8 Å². The highest BCUT2D eigenvalue weighted by Gasteiger charge is 2.36. The lowest BCUT2D eigenvalue weighted by molar-refractivity contribution is -0.141. The molecular weight excluding hydrogens is 403 g/mol. The molecule has 0 saturated carbocycles. The average molecular weight is 432 g/mol. The standard InChI is InChI=1S/C15H19FO4.C9H10O2/c1-9-4-10(2)6-11(5-9)14(17)19-8-12-7-13(16)15(18-3)20-12;1-6-3-7(2)5-8(4-6)9(10)11/h4-6,12-13,15H,7-8H2,1-3H3;3-5H,1-2H3,(H,10,11). The molecule has 1 saturated heterocycles. The zero-order chi connectivity index (χ0) is 23.1. The molecule has 2 aromatic rings. The number of carboxylic acids is 1. The minimum absolute atomic E-state index is 0.0338. The molecule has 0 radical (unpaired) electrons. The molecule has 3 unspecified atom stereocenters. The van der Waals surface area contributed by atoms with Crippen LogP contribution in [0.3, 0.4) is 0 Å². The quantitative estimate of drug-likeness (QED) is 0.698. The third-order valence-corrected chi connectivity index (χ3v) is 4.67. The topological polar surface area (TPSA) is 82.1 Å². The summed E-state index contributed by atoms with van der Waals surface area (Å²) in [7, 11) is 1.39. The zero-order valence-electron chi connectivity index (χ0n) is 18.5. The van der Waals surface area contributed by atoms with Gasteiger partial charge in [0.15, 0.2) is 12.5 Å². The largest absolute Gasteiger partial charge is 0.478 e. The third-order valence-electron chi connectivity index (χ3n) is 4.67. The van der Waals surface area contributed by atoms with Gasteiger partial charge in [0.2, 0.25) is 0 Å². The van der Waals surface area contributed by atoms with Crippen molar-refractivity contribution in [1.29, 1.82) is 0 Å². The van der Waals surface area contributed by atoms with Crippen LogP contribution in [0.25, 0.3) is 0 Å². The maximum atomic E-state index is 13.4. The highest BCUT2D eigenvalue weighted by Crippen LogP contribution is 2.24. The third kappa shape index (κ3) is 7.45. The summed E-state index contributed by atoms with van der Waals surface area (Å²) in [6.07, 6.45) is -2.31. The molecule has 1 aliphatic heterocycles. The number of carbonyl (C=O) groups excluding carboxylic acids is 1. The predicted octanol–water partition coefficient (Wildman–Crippen LogP) is 4.56. The summed E-state index contributed by atoms with van der Waals surface area (Å²) < 4.78 is 28.7. The number of hydrogen-bond acceptors (Lipinski definition) is 5. The van der Waals surface area contributed by atoms with E-state index in [-0.39, 0.29) is 13.0 Å². The number of halogens is 1. The first-order valence-corrected chi connectivity index (χ1v) is 9.98. The van der Waals surface area contributed by atoms with Crippen molar-refractivity contribution in [1.82, 2.24) is 0 Å². The average Bonchev–Trinajstić information content (AvgIpc) is 3.04. The van der Waals surface area contributed by atoms with Gasteiger partial charge in [-0.3, -0.25) is 0 Å². The molecule has 1 fully saturated rings. The van der Waals surface area contributed by atoms with Crippen LogP contribution in [0.5, 0.6) is 0 Å². The summed E-state index contributed by atoms with van der Waals surface area (Å²) in [4.78, 5) is 22.4. The first kappa shape index (κ1) is 24.5. The number of aromatic carboxylic acids is 1. The van der Waals surface area contributed by atoms with E-state index in [0.29, 0.717) is 11.1 Å². The Morgan fingerprint density at radius 2 is 1.45 bits per heavy atom. The summed E-state index contributed by atoms with van der Waals surface area (Å²) >= 11 is 0. The van der Waals surface area contributed by atoms with Crippen molar-refractivity contribution in [2.24, 2.45) is 0 Å². The van der Waals surface area contributed by atoms with Crippen LogP contribution in [0.1, 0.15) is 49.4 Å². The van der Waals surface area contributed by atoms with Gasteiger partial charge in [-0.15, -0.1) is 0 Å². The van der Waals surface area contributed by atoms with Crippen LogP contribution in [-0.4, -0.2) is 49.3 Å². The van der Waals surface area contributed by atoms with Crippen LogP contribution in [-0.2, 0) is 14.2 Å². The second-order valence-electron chi connectivity index (χ2n) is 7.77. The lowest BCUT2D eigenvalue weighted by atomic mass is 10.1. The summed E-state index contributed by atoms with van der Waals surface area (Å²) in [6.45, 7) is 7.65. The molecule has 3 atom stereocenters. The van der Waals surface area contributed by atoms with Crippen molar-refractivity contribution in [2.75, 3.05) is 13.7 Å². The second kappa shape index (κ2) is 11.0. The van der Waals surface area contributed by atoms with E-state index in [1.807, 2.05) is 39.8 Å². The Labute approximate surface area is 181 Å². The van der Waals surface area contributed by atoms with E-state index >= 15 is 0 Å².